The maximum absolute atomic E-state index is 13.5. The van der Waals surface area contributed by atoms with Gasteiger partial charge in [0, 0.05) is 51.3 Å². The molecule has 0 unspecified atom stereocenters. The van der Waals surface area contributed by atoms with E-state index in [4.69, 9.17) is 11.2 Å². The van der Waals surface area contributed by atoms with Crippen molar-refractivity contribution in [2.75, 3.05) is 6.61 Å². The zero-order chi connectivity index (χ0) is 23.4. The first-order chi connectivity index (χ1) is 14.9. The molecule has 1 aromatic carbocycles. The molecule has 1 aliphatic heterocycles. The van der Waals surface area contributed by atoms with Gasteiger partial charge in [0.05, 0.1) is 4.47 Å². The first kappa shape index (κ1) is 23.3. The number of rotatable bonds is 3. The van der Waals surface area contributed by atoms with Crippen LogP contribution in [0.5, 0.6) is 5.75 Å². The third kappa shape index (κ3) is 4.22. The summed E-state index contributed by atoms with van der Waals surface area (Å²) < 4.78 is 7.51. The van der Waals surface area contributed by atoms with Crippen molar-refractivity contribution >= 4 is 43.4 Å². The van der Waals surface area contributed by atoms with Crippen LogP contribution in [0.1, 0.15) is 64.9 Å². The van der Waals surface area contributed by atoms with E-state index in [0.717, 1.165) is 38.7 Å². The first-order valence-electron chi connectivity index (χ1n) is 10.8. The van der Waals surface area contributed by atoms with Crippen LogP contribution in [0.4, 0.5) is 0 Å². The molecule has 1 aromatic rings. The van der Waals surface area contributed by atoms with Crippen LogP contribution in [0.25, 0.3) is 0 Å². The number of hydrogen-bond donors (Lipinski definition) is 1. The molecule has 0 atom stereocenters. The molecule has 0 radical (unpaired) electrons. The summed E-state index contributed by atoms with van der Waals surface area (Å²) >= 11 is 7.18. The van der Waals surface area contributed by atoms with E-state index in [1.165, 1.54) is 0 Å². The van der Waals surface area contributed by atoms with E-state index < -0.39 is 5.92 Å². The molecule has 3 aliphatic rings. The average Bonchev–Trinajstić information content (AvgIpc) is 2.63. The summed E-state index contributed by atoms with van der Waals surface area (Å²) in [5.74, 6) is 2.77. The largest absolute Gasteiger partial charge is 0.479 e. The van der Waals surface area contributed by atoms with E-state index in [1.54, 1.807) is 0 Å². The van der Waals surface area contributed by atoms with Gasteiger partial charge < -0.3 is 10.1 Å². The minimum Gasteiger partial charge on any atom is -0.479 e. The van der Waals surface area contributed by atoms with E-state index >= 15 is 0 Å². The van der Waals surface area contributed by atoms with Gasteiger partial charge in [0.1, 0.15) is 12.4 Å². The van der Waals surface area contributed by atoms with E-state index in [0.29, 0.717) is 29.7 Å². The number of terminal acetylenes is 1. The summed E-state index contributed by atoms with van der Waals surface area (Å²) in [7, 11) is 0. The van der Waals surface area contributed by atoms with Gasteiger partial charge in [-0.05, 0) is 51.7 Å². The van der Waals surface area contributed by atoms with Gasteiger partial charge in [-0.25, -0.2) is 0 Å². The SMILES string of the molecule is C#CCOc1c(Br)cc(Br)cc1C1C2=C(CC(C)(C)CC2=O)NC2=C1C(=O)CC(C)(C)C2. The van der Waals surface area contributed by atoms with E-state index in [1.807, 2.05) is 12.1 Å². The summed E-state index contributed by atoms with van der Waals surface area (Å²) in [5, 5.41) is 3.54. The lowest BCUT2D eigenvalue weighted by Crippen LogP contribution is -2.42. The molecular weight excluding hydrogens is 534 g/mol. The van der Waals surface area contributed by atoms with Crippen molar-refractivity contribution in [1.82, 2.24) is 5.32 Å². The highest BCUT2D eigenvalue weighted by Crippen LogP contribution is 2.53. The second kappa shape index (κ2) is 8.18. The highest BCUT2D eigenvalue weighted by atomic mass is 79.9. The highest BCUT2D eigenvalue weighted by molar-refractivity contribution is 9.11. The number of dihydropyridines is 1. The number of halogens is 2. The van der Waals surface area contributed by atoms with Gasteiger partial charge in [0.2, 0.25) is 0 Å². The van der Waals surface area contributed by atoms with Crippen molar-refractivity contribution in [2.24, 2.45) is 10.8 Å². The Bertz CT molecular complexity index is 1080. The fraction of sp³-hybridized carbons (Fsp3) is 0.462. The van der Waals surface area contributed by atoms with Gasteiger partial charge in [-0.1, -0.05) is 49.5 Å². The molecule has 32 heavy (non-hydrogen) atoms. The van der Waals surface area contributed by atoms with E-state index in [-0.39, 0.29) is 29.0 Å². The van der Waals surface area contributed by atoms with Gasteiger partial charge in [-0.3, -0.25) is 9.59 Å². The number of carbonyl (C=O) groups excluding carboxylic acids is 2. The number of ether oxygens (including phenoxy) is 1. The summed E-state index contributed by atoms with van der Waals surface area (Å²) in [5.41, 5.74) is 3.74. The van der Waals surface area contributed by atoms with Gasteiger partial charge in [0.25, 0.3) is 0 Å². The summed E-state index contributed by atoms with van der Waals surface area (Å²) in [4.78, 5) is 27.0. The molecular formula is C26H27Br2NO3. The lowest BCUT2D eigenvalue weighted by Gasteiger charge is -2.44. The minimum atomic E-state index is -0.477. The number of nitrogens with one attached hydrogen (secondary N) is 1. The monoisotopic (exact) mass is 559 g/mol. The molecule has 1 heterocycles. The number of allylic oxidation sites excluding steroid dienone is 4. The van der Waals surface area contributed by atoms with Crippen molar-refractivity contribution in [3.05, 3.63) is 49.2 Å². The number of Topliss-reactive ketones (excluding diaryl/α,β-unsaturated/α-hetero) is 2. The maximum atomic E-state index is 13.5. The van der Waals surface area contributed by atoms with Crippen molar-refractivity contribution in [2.45, 2.75) is 59.3 Å². The molecule has 2 aliphatic carbocycles. The summed E-state index contributed by atoms with van der Waals surface area (Å²) in [6.07, 6.45) is 7.87. The molecule has 0 saturated carbocycles. The van der Waals surface area contributed by atoms with E-state index in [2.05, 4.69) is 70.8 Å². The molecule has 0 saturated heterocycles. The second-order valence-corrected chi connectivity index (χ2v) is 12.3. The first-order valence-corrected chi connectivity index (χ1v) is 12.4. The van der Waals surface area contributed by atoms with Gasteiger partial charge in [-0.15, -0.1) is 6.42 Å². The molecule has 168 valence electrons. The minimum absolute atomic E-state index is 0.0805. The summed E-state index contributed by atoms with van der Waals surface area (Å²) in [6.45, 7) is 8.55. The Kier molecular flexibility index (Phi) is 5.96. The predicted molar refractivity (Wildman–Crippen MR) is 132 cm³/mol. The maximum Gasteiger partial charge on any atom is 0.162 e. The van der Waals surface area contributed by atoms with Crippen molar-refractivity contribution in [3.8, 4) is 18.1 Å². The third-order valence-corrected chi connectivity index (χ3v) is 7.41. The quantitative estimate of drug-likeness (QED) is 0.447. The van der Waals surface area contributed by atoms with Crippen LogP contribution in [-0.4, -0.2) is 18.2 Å². The zero-order valence-electron chi connectivity index (χ0n) is 18.8. The number of ketones is 2. The van der Waals surface area contributed by atoms with Crippen LogP contribution in [0.2, 0.25) is 0 Å². The van der Waals surface area contributed by atoms with Gasteiger partial charge >= 0.3 is 0 Å². The number of benzene rings is 1. The molecule has 4 rings (SSSR count). The van der Waals surface area contributed by atoms with Gasteiger partial charge in [0.15, 0.2) is 11.6 Å². The molecule has 0 aromatic heterocycles. The van der Waals surface area contributed by atoms with Crippen LogP contribution in [0, 0.1) is 23.2 Å². The van der Waals surface area contributed by atoms with Crippen LogP contribution in [-0.2, 0) is 9.59 Å². The zero-order valence-corrected chi connectivity index (χ0v) is 22.0. The van der Waals surface area contributed by atoms with E-state index in [9.17, 15) is 9.59 Å². The van der Waals surface area contributed by atoms with Crippen LogP contribution in [0.3, 0.4) is 0 Å². The molecule has 4 nitrogen and oxygen atoms in total. The smallest absolute Gasteiger partial charge is 0.162 e. The Morgan fingerprint density at radius 1 is 1.00 bits per heavy atom. The van der Waals surface area contributed by atoms with Crippen molar-refractivity contribution in [3.63, 3.8) is 0 Å². The lowest BCUT2D eigenvalue weighted by molar-refractivity contribution is -0.119. The number of carbonyl (C=O) groups is 2. The summed E-state index contributed by atoms with van der Waals surface area (Å²) in [6, 6.07) is 3.83. The Balaban J connectivity index is 1.99. The Hall–Kier alpha value is -1.84. The molecule has 0 amide bonds. The van der Waals surface area contributed by atoms with Gasteiger partial charge in [-0.2, -0.15) is 0 Å². The van der Waals surface area contributed by atoms with Crippen molar-refractivity contribution in [1.29, 1.82) is 0 Å². The Morgan fingerprint density at radius 3 is 2.03 bits per heavy atom. The molecule has 1 N–H and O–H groups in total. The van der Waals surface area contributed by atoms with Crippen LogP contribution in [0.15, 0.2) is 43.6 Å². The topological polar surface area (TPSA) is 55.4 Å². The highest BCUT2D eigenvalue weighted by Gasteiger charge is 2.47. The van der Waals surface area contributed by atoms with Crippen LogP contribution >= 0.6 is 31.9 Å². The number of hydrogen-bond acceptors (Lipinski definition) is 4. The lowest BCUT2D eigenvalue weighted by atomic mass is 9.64. The molecule has 6 heteroatoms. The fourth-order valence-electron chi connectivity index (χ4n) is 5.26. The molecule has 0 spiro atoms. The van der Waals surface area contributed by atoms with Crippen LogP contribution < -0.4 is 10.1 Å². The fourth-order valence-corrected chi connectivity index (χ4v) is 6.63. The standard InChI is InChI=1S/C26H27Br2NO3/c1-6-7-32-24-15(8-14(27)9-16(24)28)21-22-17(10-25(2,3)12-19(22)30)29-18-11-26(4,5)13-20(31)23(18)21/h1,8-9,21,29H,7,10-13H2,2-5H3. The Labute approximate surface area is 206 Å². The average molecular weight is 561 g/mol. The Morgan fingerprint density at radius 2 is 1.53 bits per heavy atom. The molecule has 0 fully saturated rings. The third-order valence-electron chi connectivity index (χ3n) is 6.37. The predicted octanol–water partition coefficient (Wildman–Crippen LogP) is 6.20. The normalized spacial score (nSPS) is 22.2. The van der Waals surface area contributed by atoms with Crippen molar-refractivity contribution < 1.29 is 14.3 Å². The second-order valence-electron chi connectivity index (χ2n) is 10.5. The molecule has 0 bridgehead atoms.